The maximum Gasteiger partial charge on any atom is 0.248 e. The molecule has 0 spiro atoms. The second-order valence-corrected chi connectivity index (χ2v) is 5.86. The predicted molar refractivity (Wildman–Crippen MR) is 95.9 cm³/mol. The topological polar surface area (TPSA) is 101 Å². The maximum atomic E-state index is 12.3. The van der Waals surface area contributed by atoms with E-state index in [9.17, 15) is 14.4 Å². The molecule has 0 radical (unpaired) electrons. The molecule has 0 aromatic heterocycles. The fourth-order valence-electron chi connectivity index (χ4n) is 2.44. The zero-order valence-corrected chi connectivity index (χ0v) is 14.2. The Morgan fingerprint density at radius 1 is 1.08 bits per heavy atom. The van der Waals surface area contributed by atoms with Gasteiger partial charge in [-0.2, -0.15) is 0 Å². The van der Waals surface area contributed by atoms with Gasteiger partial charge in [0, 0.05) is 18.2 Å². The highest BCUT2D eigenvalue weighted by molar-refractivity contribution is 5.96. The molecule has 3 amide bonds. The summed E-state index contributed by atoms with van der Waals surface area (Å²) >= 11 is 0. The predicted octanol–water partition coefficient (Wildman–Crippen LogP) is 2.30. The molecule has 130 valence electrons. The Bertz CT molecular complexity index is 785. The van der Waals surface area contributed by atoms with E-state index in [2.05, 4.69) is 10.6 Å². The van der Waals surface area contributed by atoms with Gasteiger partial charge in [0.05, 0.1) is 12.5 Å². The third-order valence-electron chi connectivity index (χ3n) is 3.68. The van der Waals surface area contributed by atoms with Gasteiger partial charge in [-0.15, -0.1) is 0 Å². The van der Waals surface area contributed by atoms with Crippen molar-refractivity contribution in [2.24, 2.45) is 5.73 Å². The average molecular weight is 339 g/mol. The van der Waals surface area contributed by atoms with Crippen molar-refractivity contribution < 1.29 is 14.4 Å². The molecular formula is C19H21N3O3. The van der Waals surface area contributed by atoms with E-state index in [1.807, 2.05) is 31.2 Å². The zero-order chi connectivity index (χ0) is 18.4. The van der Waals surface area contributed by atoms with Crippen LogP contribution in [0.3, 0.4) is 0 Å². The molecule has 4 N–H and O–H groups in total. The SMILES string of the molecule is CC(=O)N[C@H](CC(=O)Nc1cccc(C(N)=O)c1)c1ccc(C)cc1. The highest BCUT2D eigenvalue weighted by Gasteiger charge is 2.17. The van der Waals surface area contributed by atoms with E-state index in [-0.39, 0.29) is 18.2 Å². The van der Waals surface area contributed by atoms with Gasteiger partial charge in [-0.25, -0.2) is 0 Å². The van der Waals surface area contributed by atoms with Crippen molar-refractivity contribution in [1.82, 2.24) is 5.32 Å². The summed E-state index contributed by atoms with van der Waals surface area (Å²) in [5.41, 5.74) is 7.98. The van der Waals surface area contributed by atoms with Crippen LogP contribution < -0.4 is 16.4 Å². The molecule has 2 aromatic carbocycles. The second kappa shape index (κ2) is 8.10. The number of amides is 3. The van der Waals surface area contributed by atoms with Crippen molar-refractivity contribution in [3.63, 3.8) is 0 Å². The molecule has 0 bridgehead atoms. The number of benzene rings is 2. The summed E-state index contributed by atoms with van der Waals surface area (Å²) in [6, 6.07) is 13.6. The lowest BCUT2D eigenvalue weighted by Gasteiger charge is -2.18. The Morgan fingerprint density at radius 2 is 1.76 bits per heavy atom. The Labute approximate surface area is 146 Å². The van der Waals surface area contributed by atoms with Crippen LogP contribution >= 0.6 is 0 Å². The normalized spacial score (nSPS) is 11.4. The van der Waals surface area contributed by atoms with Gasteiger partial charge in [0.25, 0.3) is 0 Å². The molecule has 6 heteroatoms. The lowest BCUT2D eigenvalue weighted by molar-refractivity contribution is -0.120. The number of nitrogens with one attached hydrogen (secondary N) is 2. The molecule has 25 heavy (non-hydrogen) atoms. The highest BCUT2D eigenvalue weighted by Crippen LogP contribution is 2.19. The average Bonchev–Trinajstić information content (AvgIpc) is 2.54. The van der Waals surface area contributed by atoms with Crippen molar-refractivity contribution in [3.05, 3.63) is 65.2 Å². The van der Waals surface area contributed by atoms with E-state index in [0.29, 0.717) is 11.3 Å². The van der Waals surface area contributed by atoms with E-state index in [1.165, 1.54) is 13.0 Å². The summed E-state index contributed by atoms with van der Waals surface area (Å²) in [5, 5.41) is 5.51. The largest absolute Gasteiger partial charge is 0.366 e. The van der Waals surface area contributed by atoms with E-state index >= 15 is 0 Å². The van der Waals surface area contributed by atoms with Gasteiger partial charge in [-0.05, 0) is 30.7 Å². The van der Waals surface area contributed by atoms with Crippen molar-refractivity contribution in [3.8, 4) is 0 Å². The lowest BCUT2D eigenvalue weighted by Crippen LogP contribution is -2.29. The first-order chi connectivity index (χ1) is 11.8. The smallest absolute Gasteiger partial charge is 0.248 e. The van der Waals surface area contributed by atoms with Crippen molar-refractivity contribution in [1.29, 1.82) is 0 Å². The molecule has 0 aliphatic heterocycles. The van der Waals surface area contributed by atoms with Crippen molar-refractivity contribution >= 4 is 23.4 Å². The minimum Gasteiger partial charge on any atom is -0.366 e. The minimum atomic E-state index is -0.563. The Balaban J connectivity index is 2.11. The summed E-state index contributed by atoms with van der Waals surface area (Å²) in [7, 11) is 0. The standard InChI is InChI=1S/C19H21N3O3/c1-12-6-8-14(9-7-12)17(21-13(2)23)11-18(24)22-16-5-3-4-15(10-16)19(20)25/h3-10,17H,11H2,1-2H3,(H2,20,25)(H,21,23)(H,22,24)/t17-/m1/s1. The van der Waals surface area contributed by atoms with E-state index in [1.54, 1.807) is 18.2 Å². The van der Waals surface area contributed by atoms with Crippen LogP contribution in [0.2, 0.25) is 0 Å². The number of carbonyl (C=O) groups is 3. The van der Waals surface area contributed by atoms with Crippen LogP contribution in [0.25, 0.3) is 0 Å². The fourth-order valence-corrected chi connectivity index (χ4v) is 2.44. The molecule has 0 fully saturated rings. The number of carbonyl (C=O) groups excluding carboxylic acids is 3. The van der Waals surface area contributed by atoms with Crippen LogP contribution in [-0.2, 0) is 9.59 Å². The van der Waals surface area contributed by atoms with Gasteiger partial charge >= 0.3 is 0 Å². The van der Waals surface area contributed by atoms with Crippen LogP contribution in [0.15, 0.2) is 48.5 Å². The summed E-state index contributed by atoms with van der Waals surface area (Å²) in [4.78, 5) is 35.0. The van der Waals surface area contributed by atoms with E-state index < -0.39 is 11.9 Å². The molecule has 1 atom stereocenters. The molecule has 0 aliphatic carbocycles. The first kappa shape index (κ1) is 18.2. The molecular weight excluding hydrogens is 318 g/mol. The van der Waals surface area contributed by atoms with Crippen LogP contribution in [0.4, 0.5) is 5.69 Å². The lowest BCUT2D eigenvalue weighted by atomic mass is 10.0. The van der Waals surface area contributed by atoms with Crippen LogP contribution in [-0.4, -0.2) is 17.7 Å². The summed E-state index contributed by atoms with van der Waals surface area (Å²) < 4.78 is 0. The molecule has 0 saturated carbocycles. The molecule has 0 heterocycles. The van der Waals surface area contributed by atoms with Crippen LogP contribution in [0, 0.1) is 6.92 Å². The van der Waals surface area contributed by atoms with Gasteiger partial charge in [-0.1, -0.05) is 35.9 Å². The number of nitrogens with two attached hydrogens (primary N) is 1. The molecule has 6 nitrogen and oxygen atoms in total. The fraction of sp³-hybridized carbons (Fsp3) is 0.211. The first-order valence-corrected chi connectivity index (χ1v) is 7.88. The number of primary amides is 1. The van der Waals surface area contributed by atoms with Gasteiger partial charge < -0.3 is 16.4 Å². The molecule has 0 aliphatic rings. The quantitative estimate of drug-likeness (QED) is 0.752. The van der Waals surface area contributed by atoms with Crippen molar-refractivity contribution in [2.75, 3.05) is 5.32 Å². The van der Waals surface area contributed by atoms with Gasteiger partial charge in [0.1, 0.15) is 0 Å². The molecule has 2 rings (SSSR count). The third kappa shape index (κ3) is 5.46. The van der Waals surface area contributed by atoms with E-state index in [0.717, 1.165) is 11.1 Å². The van der Waals surface area contributed by atoms with Gasteiger partial charge in [0.15, 0.2) is 0 Å². The molecule has 0 saturated heterocycles. The Morgan fingerprint density at radius 3 is 2.36 bits per heavy atom. The minimum absolute atomic E-state index is 0.0729. The number of hydrogen-bond acceptors (Lipinski definition) is 3. The molecule has 2 aromatic rings. The zero-order valence-electron chi connectivity index (χ0n) is 14.2. The number of aryl methyl sites for hydroxylation is 1. The van der Waals surface area contributed by atoms with Crippen molar-refractivity contribution in [2.45, 2.75) is 26.3 Å². The monoisotopic (exact) mass is 339 g/mol. The number of hydrogen-bond donors (Lipinski definition) is 3. The summed E-state index contributed by atoms with van der Waals surface area (Å²) in [6.45, 7) is 3.38. The third-order valence-corrected chi connectivity index (χ3v) is 3.68. The second-order valence-electron chi connectivity index (χ2n) is 5.86. The summed E-state index contributed by atoms with van der Waals surface area (Å²) in [6.07, 6.45) is 0.0729. The van der Waals surface area contributed by atoms with Gasteiger partial charge in [-0.3, -0.25) is 14.4 Å². The van der Waals surface area contributed by atoms with Crippen LogP contribution in [0.1, 0.15) is 40.9 Å². The highest BCUT2D eigenvalue weighted by atomic mass is 16.2. The number of rotatable bonds is 6. The van der Waals surface area contributed by atoms with Crippen LogP contribution in [0.5, 0.6) is 0 Å². The summed E-state index contributed by atoms with van der Waals surface area (Å²) in [5.74, 6) is -1.05. The maximum absolute atomic E-state index is 12.3. The Hall–Kier alpha value is -3.15. The van der Waals surface area contributed by atoms with E-state index in [4.69, 9.17) is 5.73 Å². The number of anilines is 1. The van der Waals surface area contributed by atoms with Gasteiger partial charge in [0.2, 0.25) is 17.7 Å². The Kier molecular flexibility index (Phi) is 5.89. The first-order valence-electron chi connectivity index (χ1n) is 7.88. The molecule has 0 unspecified atom stereocenters.